The number of rotatable bonds is 9. The van der Waals surface area contributed by atoms with Crippen molar-refractivity contribution in [3.63, 3.8) is 0 Å². The standard InChI is InChI=1S/C22H32N2O12/c1-13(25)33-17(19(35-15(3)27)21(29)23-5-9-31-10-6-23)18(34-14(2)26)20(36-16(4)28)22(30)24-7-11-32-12-8-24/h17-20H,5-12H2,1-4H3. The maximum absolute atomic E-state index is 13.4. The van der Waals surface area contributed by atoms with Gasteiger partial charge in [-0.25, -0.2) is 0 Å². The summed E-state index contributed by atoms with van der Waals surface area (Å²) in [5, 5.41) is 0. The highest BCUT2D eigenvalue weighted by Crippen LogP contribution is 2.23. The van der Waals surface area contributed by atoms with E-state index in [4.69, 9.17) is 28.4 Å². The van der Waals surface area contributed by atoms with Gasteiger partial charge in [-0.1, -0.05) is 0 Å². The lowest BCUT2D eigenvalue weighted by molar-refractivity contribution is -0.205. The number of hydrogen-bond donors (Lipinski definition) is 0. The largest absolute Gasteiger partial charge is 0.454 e. The SMILES string of the molecule is CC(=O)OC(C(=O)N1CCOCC1)C(OC(C)=O)C(OC(C)=O)C(OC(C)=O)C(=O)N1CCOCC1. The van der Waals surface area contributed by atoms with Crippen LogP contribution in [0.2, 0.25) is 0 Å². The predicted molar refractivity (Wildman–Crippen MR) is 117 cm³/mol. The van der Waals surface area contributed by atoms with Crippen LogP contribution in [0.4, 0.5) is 0 Å². The first-order chi connectivity index (χ1) is 17.0. The van der Waals surface area contributed by atoms with E-state index in [2.05, 4.69) is 0 Å². The van der Waals surface area contributed by atoms with Crippen molar-refractivity contribution in [2.24, 2.45) is 0 Å². The number of esters is 4. The molecule has 0 saturated carbocycles. The molecule has 0 spiro atoms. The maximum atomic E-state index is 13.4. The van der Waals surface area contributed by atoms with E-state index < -0.39 is 60.1 Å². The smallest absolute Gasteiger partial charge is 0.303 e. The summed E-state index contributed by atoms with van der Waals surface area (Å²) in [5.74, 6) is -5.18. The first kappa shape index (κ1) is 29.0. The van der Waals surface area contributed by atoms with Gasteiger partial charge in [-0.15, -0.1) is 0 Å². The quantitative estimate of drug-likeness (QED) is 0.256. The van der Waals surface area contributed by atoms with Crippen LogP contribution in [-0.4, -0.2) is 123 Å². The summed E-state index contributed by atoms with van der Waals surface area (Å²) >= 11 is 0. The molecule has 4 unspecified atom stereocenters. The molecule has 2 fully saturated rings. The highest BCUT2D eigenvalue weighted by molar-refractivity contribution is 5.87. The Bertz CT molecular complexity index is 767. The predicted octanol–water partition coefficient (Wildman–Crippen LogP) is -1.57. The van der Waals surface area contributed by atoms with Crippen LogP contribution < -0.4 is 0 Å². The van der Waals surface area contributed by atoms with Gasteiger partial charge in [0.05, 0.1) is 26.4 Å². The van der Waals surface area contributed by atoms with Gasteiger partial charge in [0.2, 0.25) is 12.2 Å². The lowest BCUT2D eigenvalue weighted by Gasteiger charge is -2.38. The molecule has 0 aromatic heterocycles. The molecule has 2 heterocycles. The molecule has 2 rings (SSSR count). The molecule has 0 aliphatic carbocycles. The average Bonchev–Trinajstić information content (AvgIpc) is 2.83. The highest BCUT2D eigenvalue weighted by atomic mass is 16.6. The van der Waals surface area contributed by atoms with Gasteiger partial charge in [-0.2, -0.15) is 0 Å². The first-order valence-corrected chi connectivity index (χ1v) is 11.4. The monoisotopic (exact) mass is 516 g/mol. The summed E-state index contributed by atoms with van der Waals surface area (Å²) in [6.07, 6.45) is -7.27. The summed E-state index contributed by atoms with van der Waals surface area (Å²) in [5.41, 5.74) is 0. The van der Waals surface area contributed by atoms with Crippen molar-refractivity contribution in [1.29, 1.82) is 0 Å². The van der Waals surface area contributed by atoms with E-state index >= 15 is 0 Å². The minimum atomic E-state index is -1.82. The molecular formula is C22H32N2O12. The fourth-order valence-electron chi connectivity index (χ4n) is 3.79. The average molecular weight is 517 g/mol. The Morgan fingerprint density at radius 1 is 0.528 bits per heavy atom. The van der Waals surface area contributed by atoms with Gasteiger partial charge in [0.1, 0.15) is 0 Å². The zero-order chi connectivity index (χ0) is 26.8. The van der Waals surface area contributed by atoms with Gasteiger partial charge in [0.15, 0.2) is 12.2 Å². The number of amides is 2. The van der Waals surface area contributed by atoms with Crippen LogP contribution in [0.1, 0.15) is 27.7 Å². The van der Waals surface area contributed by atoms with E-state index in [1.54, 1.807) is 0 Å². The highest BCUT2D eigenvalue weighted by Gasteiger charge is 2.50. The Balaban J connectivity index is 2.55. The van der Waals surface area contributed by atoms with Gasteiger partial charge >= 0.3 is 23.9 Å². The summed E-state index contributed by atoms with van der Waals surface area (Å²) in [7, 11) is 0. The van der Waals surface area contributed by atoms with Crippen LogP contribution in [0.15, 0.2) is 0 Å². The van der Waals surface area contributed by atoms with Crippen molar-refractivity contribution in [3.8, 4) is 0 Å². The van der Waals surface area contributed by atoms with Crippen LogP contribution in [0.3, 0.4) is 0 Å². The Labute approximate surface area is 208 Å². The molecule has 0 radical (unpaired) electrons. The number of carbonyl (C=O) groups is 6. The summed E-state index contributed by atoms with van der Waals surface area (Å²) < 4.78 is 31.6. The Morgan fingerprint density at radius 2 is 0.806 bits per heavy atom. The zero-order valence-electron chi connectivity index (χ0n) is 20.8. The molecule has 14 heteroatoms. The van der Waals surface area contributed by atoms with Gasteiger partial charge in [0.25, 0.3) is 11.8 Å². The Kier molecular flexibility index (Phi) is 11.0. The van der Waals surface area contributed by atoms with Crippen molar-refractivity contribution in [3.05, 3.63) is 0 Å². The lowest BCUT2D eigenvalue weighted by atomic mass is 9.99. The normalized spacial score (nSPS) is 19.2. The Morgan fingerprint density at radius 3 is 1.06 bits per heavy atom. The fraction of sp³-hybridized carbons (Fsp3) is 0.727. The minimum absolute atomic E-state index is 0.154. The second-order valence-corrected chi connectivity index (χ2v) is 8.08. The molecule has 2 saturated heterocycles. The van der Waals surface area contributed by atoms with Crippen molar-refractivity contribution in [1.82, 2.24) is 9.80 Å². The Hall–Kier alpha value is -3.26. The van der Waals surface area contributed by atoms with Gasteiger partial charge in [-0.05, 0) is 0 Å². The molecule has 0 N–H and O–H groups in total. The molecule has 0 aromatic carbocycles. The molecule has 0 aromatic rings. The summed E-state index contributed by atoms with van der Waals surface area (Å²) in [4.78, 5) is 77.5. The van der Waals surface area contributed by atoms with E-state index in [-0.39, 0.29) is 52.6 Å². The lowest BCUT2D eigenvalue weighted by Crippen LogP contribution is -2.61. The van der Waals surface area contributed by atoms with E-state index in [9.17, 15) is 28.8 Å². The van der Waals surface area contributed by atoms with Gasteiger partial charge in [-0.3, -0.25) is 28.8 Å². The summed E-state index contributed by atoms with van der Waals surface area (Å²) in [6.45, 7) is 5.60. The minimum Gasteiger partial charge on any atom is -0.454 e. The number of carbonyl (C=O) groups excluding carboxylic acids is 6. The topological polar surface area (TPSA) is 164 Å². The second kappa shape index (κ2) is 13.7. The molecular weight excluding hydrogens is 484 g/mol. The van der Waals surface area contributed by atoms with E-state index in [0.717, 1.165) is 27.7 Å². The van der Waals surface area contributed by atoms with Crippen LogP contribution >= 0.6 is 0 Å². The molecule has 2 aliphatic heterocycles. The molecule has 2 aliphatic rings. The van der Waals surface area contributed by atoms with Crippen molar-refractivity contribution in [2.75, 3.05) is 52.6 Å². The fourth-order valence-corrected chi connectivity index (χ4v) is 3.79. The number of ether oxygens (including phenoxy) is 6. The number of nitrogens with zero attached hydrogens (tertiary/aromatic N) is 2. The second-order valence-electron chi connectivity index (χ2n) is 8.08. The molecule has 0 bridgehead atoms. The molecule has 4 atom stereocenters. The number of hydrogen-bond acceptors (Lipinski definition) is 12. The first-order valence-electron chi connectivity index (χ1n) is 11.4. The molecule has 36 heavy (non-hydrogen) atoms. The van der Waals surface area contributed by atoms with Crippen LogP contribution in [0, 0.1) is 0 Å². The third-order valence-corrected chi connectivity index (χ3v) is 5.24. The van der Waals surface area contributed by atoms with E-state index in [1.165, 1.54) is 9.80 Å². The van der Waals surface area contributed by atoms with Gasteiger partial charge < -0.3 is 38.2 Å². The molecule has 202 valence electrons. The zero-order valence-corrected chi connectivity index (χ0v) is 20.8. The van der Waals surface area contributed by atoms with Crippen LogP contribution in [-0.2, 0) is 57.2 Å². The number of morpholine rings is 2. The van der Waals surface area contributed by atoms with Crippen LogP contribution in [0.25, 0.3) is 0 Å². The van der Waals surface area contributed by atoms with E-state index in [1.807, 2.05) is 0 Å². The van der Waals surface area contributed by atoms with Crippen molar-refractivity contribution < 1.29 is 57.2 Å². The molecule has 14 nitrogen and oxygen atoms in total. The van der Waals surface area contributed by atoms with Crippen LogP contribution in [0.5, 0.6) is 0 Å². The third-order valence-electron chi connectivity index (χ3n) is 5.24. The van der Waals surface area contributed by atoms with Crippen molar-refractivity contribution >= 4 is 35.7 Å². The third kappa shape index (κ3) is 8.45. The summed E-state index contributed by atoms with van der Waals surface area (Å²) in [6, 6.07) is 0. The maximum Gasteiger partial charge on any atom is 0.303 e. The van der Waals surface area contributed by atoms with E-state index in [0.29, 0.717) is 0 Å². The molecule has 2 amide bonds. The van der Waals surface area contributed by atoms with Crippen molar-refractivity contribution in [2.45, 2.75) is 52.1 Å². The van der Waals surface area contributed by atoms with Gasteiger partial charge in [0, 0.05) is 53.9 Å².